The number of sulfonamides is 1. The minimum absolute atomic E-state index is 0.142. The second kappa shape index (κ2) is 7.32. The largest absolute Gasteiger partial charge is 0.320 e. The van der Waals surface area contributed by atoms with Crippen LogP contribution in [0.15, 0.2) is 35.1 Å². The topological polar surface area (TPSA) is 93.4 Å². The summed E-state index contributed by atoms with van der Waals surface area (Å²) in [7, 11) is -1.58. The molecule has 0 radical (unpaired) electrons. The predicted molar refractivity (Wildman–Crippen MR) is 104 cm³/mol. The maximum absolute atomic E-state index is 12.9. The number of rotatable bonds is 4. The fourth-order valence-electron chi connectivity index (χ4n) is 3.40. The van der Waals surface area contributed by atoms with Gasteiger partial charge in [-0.1, -0.05) is 18.2 Å². The third-order valence-corrected chi connectivity index (χ3v) is 6.30. The van der Waals surface area contributed by atoms with Crippen molar-refractivity contribution >= 4 is 21.6 Å². The maximum atomic E-state index is 12.9. The van der Waals surface area contributed by atoms with Crippen molar-refractivity contribution in [3.05, 3.63) is 46.4 Å². The normalized spacial score (nSPS) is 18.4. The van der Waals surface area contributed by atoms with E-state index in [0.717, 1.165) is 6.26 Å². The molecule has 8 nitrogen and oxygen atoms in total. The lowest BCUT2D eigenvalue weighted by molar-refractivity contribution is -0.120. The van der Waals surface area contributed by atoms with Gasteiger partial charge in [-0.25, -0.2) is 17.4 Å². The Bertz CT molecular complexity index is 1010. The molecule has 0 saturated carbocycles. The minimum atomic E-state index is -3.34. The molecule has 146 valence electrons. The van der Waals surface area contributed by atoms with Crippen LogP contribution in [0.4, 0.5) is 5.69 Å². The number of carbonyl (C=O) groups excluding carboxylic acids is 1. The van der Waals surface area contributed by atoms with E-state index in [1.54, 1.807) is 18.7 Å². The van der Waals surface area contributed by atoms with E-state index < -0.39 is 15.9 Å². The van der Waals surface area contributed by atoms with E-state index in [9.17, 15) is 18.0 Å². The molecular formula is C18H24N4O4S. The highest BCUT2D eigenvalue weighted by Crippen LogP contribution is 2.21. The summed E-state index contributed by atoms with van der Waals surface area (Å²) in [5, 5.41) is 2.74. The fraction of sp³-hybridized carbons (Fsp3) is 0.444. The molecule has 27 heavy (non-hydrogen) atoms. The van der Waals surface area contributed by atoms with Gasteiger partial charge in [-0.05, 0) is 31.9 Å². The average molecular weight is 392 g/mol. The summed E-state index contributed by atoms with van der Waals surface area (Å²) in [5.74, 6) is -0.799. The van der Waals surface area contributed by atoms with Gasteiger partial charge in [0.25, 0.3) is 5.56 Å². The lowest BCUT2D eigenvalue weighted by Crippen LogP contribution is -2.43. The Morgan fingerprint density at radius 3 is 2.52 bits per heavy atom. The summed E-state index contributed by atoms with van der Waals surface area (Å²) in [4.78, 5) is 25.6. The van der Waals surface area contributed by atoms with Crippen molar-refractivity contribution in [2.75, 3.05) is 24.7 Å². The zero-order valence-corrected chi connectivity index (χ0v) is 16.5. The summed E-state index contributed by atoms with van der Waals surface area (Å²) in [6.07, 6.45) is 2.36. The molecular weight excluding hydrogens is 368 g/mol. The summed E-state index contributed by atoms with van der Waals surface area (Å²) < 4.78 is 28.0. The van der Waals surface area contributed by atoms with Crippen LogP contribution in [0.1, 0.15) is 18.5 Å². The van der Waals surface area contributed by atoms with Crippen molar-refractivity contribution in [2.24, 2.45) is 13.0 Å². The SMILES string of the molecule is Cc1c(NC(=O)[C@H]2CCCN(S(C)(=O)=O)C2)c(=O)n(-c2ccccc2)n1C. The van der Waals surface area contributed by atoms with E-state index in [4.69, 9.17) is 0 Å². The number of para-hydroxylation sites is 1. The summed E-state index contributed by atoms with van der Waals surface area (Å²) >= 11 is 0. The minimum Gasteiger partial charge on any atom is -0.320 e. The molecule has 3 rings (SSSR count). The van der Waals surface area contributed by atoms with Crippen LogP contribution in [0.3, 0.4) is 0 Å². The highest BCUT2D eigenvalue weighted by atomic mass is 32.2. The molecule has 1 amide bonds. The van der Waals surface area contributed by atoms with E-state index in [-0.39, 0.29) is 23.7 Å². The number of nitrogens with one attached hydrogen (secondary N) is 1. The van der Waals surface area contributed by atoms with Gasteiger partial charge in [0.15, 0.2) is 0 Å². The van der Waals surface area contributed by atoms with Gasteiger partial charge < -0.3 is 5.32 Å². The predicted octanol–water partition coefficient (Wildman–Crippen LogP) is 1.09. The first kappa shape index (κ1) is 19.4. The van der Waals surface area contributed by atoms with Crippen molar-refractivity contribution in [2.45, 2.75) is 19.8 Å². The third kappa shape index (κ3) is 3.84. The molecule has 0 bridgehead atoms. The molecule has 1 aliphatic heterocycles. The van der Waals surface area contributed by atoms with Gasteiger partial charge in [0.2, 0.25) is 15.9 Å². The first-order valence-electron chi connectivity index (χ1n) is 8.80. The summed E-state index contributed by atoms with van der Waals surface area (Å²) in [6, 6.07) is 9.17. The van der Waals surface area contributed by atoms with Crippen molar-refractivity contribution in [1.29, 1.82) is 0 Å². The van der Waals surface area contributed by atoms with Gasteiger partial charge >= 0.3 is 0 Å². The Hall–Kier alpha value is -2.39. The smallest absolute Gasteiger partial charge is 0.295 e. The number of anilines is 1. The van der Waals surface area contributed by atoms with Crippen LogP contribution in [0.5, 0.6) is 0 Å². The molecule has 2 heterocycles. The maximum Gasteiger partial charge on any atom is 0.295 e. The van der Waals surface area contributed by atoms with Crippen LogP contribution in [0.2, 0.25) is 0 Å². The molecule has 2 aromatic rings. The Kier molecular flexibility index (Phi) is 5.25. The second-order valence-corrected chi connectivity index (χ2v) is 8.87. The van der Waals surface area contributed by atoms with Gasteiger partial charge in [-0.15, -0.1) is 0 Å². The standard InChI is InChI=1S/C18H24N4O4S/c1-13-16(18(24)22(20(13)2)15-9-5-4-6-10-15)19-17(23)14-8-7-11-21(12-14)27(3,25)26/h4-6,9-10,14H,7-8,11-12H2,1-3H3,(H,19,23)/t14-/m0/s1. The Morgan fingerprint density at radius 2 is 1.89 bits per heavy atom. The molecule has 1 saturated heterocycles. The van der Waals surface area contributed by atoms with Gasteiger partial charge in [-0.2, -0.15) is 0 Å². The Morgan fingerprint density at radius 1 is 1.22 bits per heavy atom. The monoisotopic (exact) mass is 392 g/mol. The summed E-state index contributed by atoms with van der Waals surface area (Å²) in [5.41, 5.74) is 1.25. The fourth-order valence-corrected chi connectivity index (χ4v) is 4.31. The Labute approximate surface area is 158 Å². The molecule has 1 aromatic heterocycles. The van der Waals surface area contributed by atoms with Crippen LogP contribution in [-0.4, -0.2) is 47.3 Å². The molecule has 1 fully saturated rings. The van der Waals surface area contributed by atoms with Crippen LogP contribution < -0.4 is 10.9 Å². The van der Waals surface area contributed by atoms with Crippen molar-refractivity contribution in [1.82, 2.24) is 13.7 Å². The number of piperidine rings is 1. The first-order chi connectivity index (χ1) is 12.7. The molecule has 0 aliphatic carbocycles. The Balaban J connectivity index is 1.86. The highest BCUT2D eigenvalue weighted by Gasteiger charge is 2.31. The second-order valence-electron chi connectivity index (χ2n) is 6.89. The van der Waals surface area contributed by atoms with Crippen molar-refractivity contribution in [3.8, 4) is 5.69 Å². The molecule has 1 N–H and O–H groups in total. The van der Waals surface area contributed by atoms with Crippen LogP contribution in [0.25, 0.3) is 5.69 Å². The molecule has 0 spiro atoms. The highest BCUT2D eigenvalue weighted by molar-refractivity contribution is 7.88. The summed E-state index contributed by atoms with van der Waals surface area (Å²) in [6.45, 7) is 2.33. The number of nitrogens with zero attached hydrogens (tertiary/aromatic N) is 3. The van der Waals surface area contributed by atoms with Crippen LogP contribution in [-0.2, 0) is 21.9 Å². The van der Waals surface area contributed by atoms with E-state index in [1.165, 1.54) is 8.99 Å². The first-order valence-corrected chi connectivity index (χ1v) is 10.6. The quantitative estimate of drug-likeness (QED) is 0.843. The average Bonchev–Trinajstić information content (AvgIpc) is 2.85. The number of hydrogen-bond acceptors (Lipinski definition) is 4. The van der Waals surface area contributed by atoms with E-state index in [0.29, 0.717) is 30.8 Å². The zero-order chi connectivity index (χ0) is 19.8. The van der Waals surface area contributed by atoms with Gasteiger partial charge in [0.05, 0.1) is 23.6 Å². The van der Waals surface area contributed by atoms with E-state index >= 15 is 0 Å². The van der Waals surface area contributed by atoms with Gasteiger partial charge in [-0.3, -0.25) is 14.3 Å². The number of hydrogen-bond donors (Lipinski definition) is 1. The van der Waals surface area contributed by atoms with Crippen LogP contribution >= 0.6 is 0 Å². The molecule has 1 aromatic carbocycles. The number of aromatic nitrogens is 2. The zero-order valence-electron chi connectivity index (χ0n) is 15.7. The van der Waals surface area contributed by atoms with Crippen molar-refractivity contribution in [3.63, 3.8) is 0 Å². The third-order valence-electron chi connectivity index (χ3n) is 5.03. The number of carbonyl (C=O) groups is 1. The van der Waals surface area contributed by atoms with Crippen molar-refractivity contribution < 1.29 is 13.2 Å². The van der Waals surface area contributed by atoms with Gasteiger partial charge in [0, 0.05) is 20.1 Å². The molecule has 1 aliphatic rings. The lowest BCUT2D eigenvalue weighted by atomic mass is 9.99. The van der Waals surface area contributed by atoms with Crippen LogP contribution in [0, 0.1) is 12.8 Å². The molecule has 0 unspecified atom stereocenters. The van der Waals surface area contributed by atoms with Gasteiger partial charge in [0.1, 0.15) is 5.69 Å². The lowest BCUT2D eigenvalue weighted by Gasteiger charge is -2.29. The number of benzene rings is 1. The molecule has 1 atom stereocenters. The number of amides is 1. The molecule has 9 heteroatoms. The van der Waals surface area contributed by atoms with E-state index in [1.807, 2.05) is 30.3 Å². The van der Waals surface area contributed by atoms with E-state index in [2.05, 4.69) is 5.32 Å².